The van der Waals surface area contributed by atoms with Gasteiger partial charge in [-0.15, -0.1) is 0 Å². The topological polar surface area (TPSA) is 56.1 Å². The molecule has 0 spiro atoms. The molecule has 1 atom stereocenters. The molecule has 0 aromatic carbocycles. The molecule has 0 rings (SSSR count). The molecule has 0 radical (unpaired) electrons. The fourth-order valence-corrected chi connectivity index (χ4v) is 1.21. The molecule has 1 amide bonds. The van der Waals surface area contributed by atoms with Gasteiger partial charge in [0.15, 0.2) is 0 Å². The number of nitrogens with one attached hydrogen (secondary N) is 1. The third-order valence-electron chi connectivity index (χ3n) is 1.91. The third-order valence-corrected chi connectivity index (χ3v) is 1.91. The van der Waals surface area contributed by atoms with Gasteiger partial charge in [0.2, 0.25) is 5.91 Å². The molecule has 0 saturated heterocycles. The van der Waals surface area contributed by atoms with E-state index in [-0.39, 0.29) is 24.5 Å². The number of hydrogen-bond acceptors (Lipinski definition) is 3. The van der Waals surface area contributed by atoms with E-state index in [2.05, 4.69) is 11.4 Å². The van der Waals surface area contributed by atoms with Crippen LogP contribution in [0.25, 0.3) is 0 Å². The first-order valence-electron chi connectivity index (χ1n) is 4.90. The minimum Gasteiger partial charge on any atom is -0.353 e. The molecule has 0 aliphatic rings. The van der Waals surface area contributed by atoms with Crippen molar-refractivity contribution in [1.29, 1.82) is 5.26 Å². The van der Waals surface area contributed by atoms with E-state index >= 15 is 0 Å². The lowest BCUT2D eigenvalue weighted by molar-refractivity contribution is -0.122. The number of rotatable bonds is 5. The van der Waals surface area contributed by atoms with Crippen LogP contribution in [0.3, 0.4) is 0 Å². The summed E-state index contributed by atoms with van der Waals surface area (Å²) in [6.45, 7) is 6.05. The van der Waals surface area contributed by atoms with Crippen LogP contribution in [0.1, 0.15) is 27.2 Å². The van der Waals surface area contributed by atoms with Crippen LogP contribution < -0.4 is 5.32 Å². The van der Waals surface area contributed by atoms with Crippen molar-refractivity contribution in [3.63, 3.8) is 0 Å². The van der Waals surface area contributed by atoms with E-state index in [0.717, 1.165) is 6.42 Å². The summed E-state index contributed by atoms with van der Waals surface area (Å²) in [6.07, 6.45) is 0.738. The summed E-state index contributed by atoms with van der Waals surface area (Å²) in [5.41, 5.74) is 0. The van der Waals surface area contributed by atoms with E-state index in [1.54, 1.807) is 11.9 Å². The van der Waals surface area contributed by atoms with Crippen LogP contribution in [0.2, 0.25) is 0 Å². The summed E-state index contributed by atoms with van der Waals surface area (Å²) in [4.78, 5) is 13.1. The van der Waals surface area contributed by atoms with E-state index in [1.165, 1.54) is 0 Å². The van der Waals surface area contributed by atoms with Crippen molar-refractivity contribution in [1.82, 2.24) is 10.2 Å². The van der Waals surface area contributed by atoms with Crippen LogP contribution in [0.5, 0.6) is 0 Å². The molecule has 0 heterocycles. The van der Waals surface area contributed by atoms with Gasteiger partial charge in [-0.05, 0) is 27.3 Å². The predicted octanol–water partition coefficient (Wildman–Crippen LogP) is 0.745. The zero-order chi connectivity index (χ0) is 11.1. The fourth-order valence-electron chi connectivity index (χ4n) is 1.21. The molecule has 0 bridgehead atoms. The summed E-state index contributed by atoms with van der Waals surface area (Å²) in [5.74, 6) is -0.0313. The maximum absolute atomic E-state index is 11.3. The summed E-state index contributed by atoms with van der Waals surface area (Å²) in [5, 5.41) is 11.6. The molecule has 4 nitrogen and oxygen atoms in total. The van der Waals surface area contributed by atoms with E-state index in [9.17, 15) is 4.79 Å². The largest absolute Gasteiger partial charge is 0.353 e. The van der Waals surface area contributed by atoms with Crippen molar-refractivity contribution >= 4 is 5.91 Å². The average molecular weight is 197 g/mol. The number of carbonyl (C=O) groups is 1. The first kappa shape index (κ1) is 12.9. The van der Waals surface area contributed by atoms with Gasteiger partial charge in [-0.2, -0.15) is 5.26 Å². The Morgan fingerprint density at radius 3 is 2.50 bits per heavy atom. The van der Waals surface area contributed by atoms with Gasteiger partial charge in [0.1, 0.15) is 0 Å². The monoisotopic (exact) mass is 197 g/mol. The molecule has 1 unspecified atom stereocenters. The number of likely N-dealkylation sites (N-methyl/N-ethyl adjacent to an activating group) is 1. The van der Waals surface area contributed by atoms with Crippen LogP contribution in [0.4, 0.5) is 0 Å². The van der Waals surface area contributed by atoms with Crippen molar-refractivity contribution in [2.45, 2.75) is 39.3 Å². The normalized spacial score (nSPS) is 12.6. The van der Waals surface area contributed by atoms with E-state index in [1.807, 2.05) is 20.8 Å². The van der Waals surface area contributed by atoms with Crippen LogP contribution >= 0.6 is 0 Å². The molecule has 80 valence electrons. The molecular weight excluding hydrogens is 178 g/mol. The van der Waals surface area contributed by atoms with E-state index in [0.29, 0.717) is 0 Å². The lowest BCUT2D eigenvalue weighted by Gasteiger charge is -2.21. The average Bonchev–Trinajstić information content (AvgIpc) is 2.04. The maximum atomic E-state index is 11.3. The number of amides is 1. The number of hydrogen-bond donors (Lipinski definition) is 1. The molecular formula is C10H19N3O. The van der Waals surface area contributed by atoms with Crippen molar-refractivity contribution in [2.24, 2.45) is 0 Å². The summed E-state index contributed by atoms with van der Waals surface area (Å²) < 4.78 is 0. The Hall–Kier alpha value is -1.08. The second-order valence-electron chi connectivity index (χ2n) is 3.69. The second kappa shape index (κ2) is 6.39. The second-order valence-corrected chi connectivity index (χ2v) is 3.69. The van der Waals surface area contributed by atoms with E-state index < -0.39 is 0 Å². The third kappa shape index (κ3) is 4.83. The zero-order valence-corrected chi connectivity index (χ0v) is 9.37. The van der Waals surface area contributed by atoms with Gasteiger partial charge in [0, 0.05) is 6.04 Å². The van der Waals surface area contributed by atoms with Crippen molar-refractivity contribution in [3.05, 3.63) is 0 Å². The molecule has 4 heteroatoms. The summed E-state index contributed by atoms with van der Waals surface area (Å²) in [7, 11) is 1.79. The van der Waals surface area contributed by atoms with Crippen LogP contribution in [-0.4, -0.2) is 36.5 Å². The highest BCUT2D eigenvalue weighted by Crippen LogP contribution is 1.99. The van der Waals surface area contributed by atoms with Crippen molar-refractivity contribution in [3.8, 4) is 6.07 Å². The molecule has 14 heavy (non-hydrogen) atoms. The maximum Gasteiger partial charge on any atom is 0.234 e. The molecule has 0 aromatic heterocycles. The molecule has 0 saturated carbocycles. The van der Waals surface area contributed by atoms with Gasteiger partial charge in [0.05, 0.1) is 18.7 Å². The van der Waals surface area contributed by atoms with Gasteiger partial charge >= 0.3 is 0 Å². The first-order valence-corrected chi connectivity index (χ1v) is 4.90. The summed E-state index contributed by atoms with van der Waals surface area (Å²) >= 11 is 0. The quantitative estimate of drug-likeness (QED) is 0.707. The highest BCUT2D eigenvalue weighted by molar-refractivity contribution is 5.78. The Labute approximate surface area is 85.9 Å². The standard InChI is InChI=1S/C10H19N3O/c1-5-9(6-11)13(4)7-10(14)12-8(2)3/h8-9H,5,7H2,1-4H3,(H,12,14). The van der Waals surface area contributed by atoms with Crippen molar-refractivity contribution < 1.29 is 4.79 Å². The predicted molar refractivity (Wildman–Crippen MR) is 55.6 cm³/mol. The Bertz CT molecular complexity index is 220. The lowest BCUT2D eigenvalue weighted by Crippen LogP contribution is -2.42. The molecule has 0 fully saturated rings. The highest BCUT2D eigenvalue weighted by atomic mass is 16.2. The van der Waals surface area contributed by atoms with Crippen LogP contribution in [0.15, 0.2) is 0 Å². The Balaban J connectivity index is 3.99. The van der Waals surface area contributed by atoms with Crippen LogP contribution in [-0.2, 0) is 4.79 Å². The number of nitriles is 1. The lowest BCUT2D eigenvalue weighted by atomic mass is 10.2. The van der Waals surface area contributed by atoms with Gasteiger partial charge in [0.25, 0.3) is 0 Å². The first-order chi connectivity index (χ1) is 6.51. The zero-order valence-electron chi connectivity index (χ0n) is 9.37. The van der Waals surface area contributed by atoms with E-state index in [4.69, 9.17) is 5.26 Å². The summed E-state index contributed by atoms with van der Waals surface area (Å²) in [6, 6.07) is 2.13. The number of carbonyl (C=O) groups excluding carboxylic acids is 1. The highest BCUT2D eigenvalue weighted by Gasteiger charge is 2.14. The Kier molecular flexibility index (Phi) is 5.89. The number of nitrogens with zero attached hydrogens (tertiary/aromatic N) is 2. The van der Waals surface area contributed by atoms with Crippen molar-refractivity contribution in [2.75, 3.05) is 13.6 Å². The molecule has 1 N–H and O–H groups in total. The smallest absolute Gasteiger partial charge is 0.234 e. The Morgan fingerprint density at radius 2 is 2.14 bits per heavy atom. The van der Waals surface area contributed by atoms with Gasteiger partial charge < -0.3 is 5.32 Å². The minimum atomic E-state index is -0.173. The van der Waals surface area contributed by atoms with Crippen LogP contribution in [0, 0.1) is 11.3 Å². The Morgan fingerprint density at radius 1 is 1.57 bits per heavy atom. The minimum absolute atomic E-state index is 0.0313. The SMILES string of the molecule is CCC(C#N)N(C)CC(=O)NC(C)C. The molecule has 0 aliphatic carbocycles. The molecule has 0 aliphatic heterocycles. The van der Waals surface area contributed by atoms with Gasteiger partial charge in [-0.1, -0.05) is 6.92 Å². The van der Waals surface area contributed by atoms with Gasteiger partial charge in [-0.3, -0.25) is 9.69 Å². The fraction of sp³-hybridized carbons (Fsp3) is 0.800. The molecule has 0 aromatic rings. The van der Waals surface area contributed by atoms with Gasteiger partial charge in [-0.25, -0.2) is 0 Å².